The molecule has 0 bridgehead atoms. The van der Waals surface area contributed by atoms with Gasteiger partial charge in [-0.2, -0.15) is 0 Å². The first kappa shape index (κ1) is 14.2. The number of hydrogen-bond donors (Lipinski definition) is 2. The van der Waals surface area contributed by atoms with Gasteiger partial charge in [0.1, 0.15) is 6.33 Å². The Kier molecular flexibility index (Phi) is 4.47. The number of carbonyl (C=O) groups excluding carboxylic acids is 1. The molecule has 6 heteroatoms. The van der Waals surface area contributed by atoms with Crippen molar-refractivity contribution in [2.24, 2.45) is 11.7 Å². The number of nitrogens with one attached hydrogen (secondary N) is 1. The SMILES string of the molecule is CC(N)C(C)C(=O)NCc1nncn1-c1ccccc1. The van der Waals surface area contributed by atoms with Crippen molar-refractivity contribution in [1.82, 2.24) is 20.1 Å². The number of aromatic nitrogens is 3. The van der Waals surface area contributed by atoms with Crippen LogP contribution in [0.25, 0.3) is 5.69 Å². The van der Waals surface area contributed by atoms with Gasteiger partial charge in [0, 0.05) is 17.6 Å². The van der Waals surface area contributed by atoms with Gasteiger partial charge in [-0.05, 0) is 19.1 Å². The maximum absolute atomic E-state index is 11.9. The van der Waals surface area contributed by atoms with Gasteiger partial charge in [0.05, 0.1) is 6.54 Å². The average molecular weight is 273 g/mol. The average Bonchev–Trinajstić information content (AvgIpc) is 2.93. The number of benzene rings is 1. The van der Waals surface area contributed by atoms with Crippen molar-refractivity contribution < 1.29 is 4.79 Å². The monoisotopic (exact) mass is 273 g/mol. The minimum Gasteiger partial charge on any atom is -0.349 e. The van der Waals surface area contributed by atoms with Crippen LogP contribution in [0.5, 0.6) is 0 Å². The molecule has 6 nitrogen and oxygen atoms in total. The van der Waals surface area contributed by atoms with Crippen LogP contribution >= 0.6 is 0 Å². The van der Waals surface area contributed by atoms with E-state index in [-0.39, 0.29) is 17.9 Å². The van der Waals surface area contributed by atoms with E-state index in [2.05, 4.69) is 15.5 Å². The number of rotatable bonds is 5. The summed E-state index contributed by atoms with van der Waals surface area (Å²) in [6, 6.07) is 9.56. The number of para-hydroxylation sites is 1. The Balaban J connectivity index is 2.05. The van der Waals surface area contributed by atoms with Crippen LogP contribution in [0.2, 0.25) is 0 Å². The highest BCUT2D eigenvalue weighted by molar-refractivity contribution is 5.78. The van der Waals surface area contributed by atoms with Crippen molar-refractivity contribution in [3.8, 4) is 5.69 Å². The summed E-state index contributed by atoms with van der Waals surface area (Å²) < 4.78 is 1.84. The number of nitrogens with zero attached hydrogens (tertiary/aromatic N) is 3. The summed E-state index contributed by atoms with van der Waals surface area (Å²) in [6.45, 7) is 3.95. The third kappa shape index (κ3) is 3.21. The van der Waals surface area contributed by atoms with Crippen LogP contribution in [0, 0.1) is 5.92 Å². The van der Waals surface area contributed by atoms with Crippen molar-refractivity contribution >= 4 is 5.91 Å². The first-order valence-electron chi connectivity index (χ1n) is 6.57. The number of hydrogen-bond acceptors (Lipinski definition) is 4. The van der Waals surface area contributed by atoms with Gasteiger partial charge in [0.15, 0.2) is 5.82 Å². The Morgan fingerprint density at radius 1 is 1.35 bits per heavy atom. The molecule has 0 saturated carbocycles. The zero-order chi connectivity index (χ0) is 14.5. The van der Waals surface area contributed by atoms with Crippen molar-refractivity contribution in [3.63, 3.8) is 0 Å². The third-order valence-electron chi connectivity index (χ3n) is 3.28. The molecule has 0 aliphatic rings. The molecule has 0 fully saturated rings. The number of amides is 1. The van der Waals surface area contributed by atoms with Gasteiger partial charge in [-0.3, -0.25) is 9.36 Å². The molecule has 0 spiro atoms. The smallest absolute Gasteiger partial charge is 0.224 e. The van der Waals surface area contributed by atoms with Crippen LogP contribution in [0.15, 0.2) is 36.7 Å². The summed E-state index contributed by atoms with van der Waals surface area (Å²) in [5.41, 5.74) is 6.67. The van der Waals surface area contributed by atoms with Crippen LogP contribution in [0.4, 0.5) is 0 Å². The van der Waals surface area contributed by atoms with Gasteiger partial charge in [-0.25, -0.2) is 0 Å². The van der Waals surface area contributed by atoms with Crippen LogP contribution < -0.4 is 11.1 Å². The van der Waals surface area contributed by atoms with E-state index >= 15 is 0 Å². The molecular formula is C14H19N5O. The van der Waals surface area contributed by atoms with Gasteiger partial charge in [-0.1, -0.05) is 25.1 Å². The van der Waals surface area contributed by atoms with E-state index < -0.39 is 0 Å². The Hall–Kier alpha value is -2.21. The van der Waals surface area contributed by atoms with E-state index in [9.17, 15) is 4.79 Å². The second-order valence-electron chi connectivity index (χ2n) is 4.82. The van der Waals surface area contributed by atoms with Gasteiger partial charge in [-0.15, -0.1) is 10.2 Å². The Morgan fingerprint density at radius 3 is 2.70 bits per heavy atom. The quantitative estimate of drug-likeness (QED) is 0.846. The molecule has 1 heterocycles. The van der Waals surface area contributed by atoms with Crippen LogP contribution in [0.3, 0.4) is 0 Å². The highest BCUT2D eigenvalue weighted by Gasteiger charge is 2.17. The van der Waals surface area contributed by atoms with Crippen LogP contribution in [-0.2, 0) is 11.3 Å². The molecule has 106 valence electrons. The minimum atomic E-state index is -0.233. The number of nitrogens with two attached hydrogens (primary N) is 1. The highest BCUT2D eigenvalue weighted by Crippen LogP contribution is 2.09. The molecule has 2 unspecified atom stereocenters. The molecule has 1 aromatic heterocycles. The summed E-state index contributed by atoms with van der Waals surface area (Å²) in [6.07, 6.45) is 1.63. The molecule has 0 aliphatic heterocycles. The molecule has 0 radical (unpaired) electrons. The van der Waals surface area contributed by atoms with Gasteiger partial charge in [0.25, 0.3) is 0 Å². The van der Waals surface area contributed by atoms with Crippen molar-refractivity contribution in [1.29, 1.82) is 0 Å². The summed E-state index contributed by atoms with van der Waals surface area (Å²) in [5.74, 6) is 0.368. The minimum absolute atomic E-state index is 0.0809. The molecule has 1 aromatic carbocycles. The molecule has 2 rings (SSSR count). The first-order chi connectivity index (χ1) is 9.59. The van der Waals surface area contributed by atoms with E-state index in [4.69, 9.17) is 5.73 Å². The summed E-state index contributed by atoms with van der Waals surface area (Å²) >= 11 is 0. The molecule has 0 aliphatic carbocycles. The van der Waals surface area contributed by atoms with Gasteiger partial charge >= 0.3 is 0 Å². The summed E-state index contributed by atoms with van der Waals surface area (Å²) in [5, 5.41) is 10.8. The first-order valence-corrected chi connectivity index (χ1v) is 6.57. The summed E-state index contributed by atoms with van der Waals surface area (Å²) in [7, 11) is 0. The lowest BCUT2D eigenvalue weighted by Gasteiger charge is -2.15. The molecule has 0 saturated heterocycles. The third-order valence-corrected chi connectivity index (χ3v) is 3.28. The molecule has 2 aromatic rings. The molecule has 2 atom stereocenters. The molecule has 1 amide bonds. The second-order valence-corrected chi connectivity index (χ2v) is 4.82. The van der Waals surface area contributed by atoms with Gasteiger partial charge in [0.2, 0.25) is 5.91 Å². The molecule has 20 heavy (non-hydrogen) atoms. The zero-order valence-corrected chi connectivity index (χ0v) is 11.7. The largest absolute Gasteiger partial charge is 0.349 e. The molecular weight excluding hydrogens is 254 g/mol. The normalized spacial score (nSPS) is 13.8. The fourth-order valence-corrected chi connectivity index (χ4v) is 1.75. The van der Waals surface area contributed by atoms with Crippen molar-refractivity contribution in [2.75, 3.05) is 0 Å². The van der Waals surface area contributed by atoms with Gasteiger partial charge < -0.3 is 11.1 Å². The molecule has 3 N–H and O–H groups in total. The van der Waals surface area contributed by atoms with Crippen molar-refractivity contribution in [3.05, 3.63) is 42.5 Å². The Labute approximate surface area is 118 Å². The second kappa shape index (κ2) is 6.29. The van der Waals surface area contributed by atoms with E-state index in [1.807, 2.05) is 48.7 Å². The van der Waals surface area contributed by atoms with E-state index in [1.165, 1.54) is 0 Å². The van der Waals surface area contributed by atoms with E-state index in [1.54, 1.807) is 6.33 Å². The predicted molar refractivity (Wildman–Crippen MR) is 76.0 cm³/mol. The zero-order valence-electron chi connectivity index (χ0n) is 11.7. The van der Waals surface area contributed by atoms with E-state index in [0.717, 1.165) is 5.69 Å². The van der Waals surface area contributed by atoms with Crippen LogP contribution in [0.1, 0.15) is 19.7 Å². The lowest BCUT2D eigenvalue weighted by molar-refractivity contribution is -0.125. The maximum Gasteiger partial charge on any atom is 0.224 e. The van der Waals surface area contributed by atoms with E-state index in [0.29, 0.717) is 12.4 Å². The lowest BCUT2D eigenvalue weighted by Crippen LogP contribution is -2.38. The predicted octanol–water partition coefficient (Wildman–Crippen LogP) is 0.867. The topological polar surface area (TPSA) is 85.8 Å². The standard InChI is InChI=1S/C14H19N5O/c1-10(11(2)15)14(20)16-8-13-18-17-9-19(13)12-6-4-3-5-7-12/h3-7,9-11H,8,15H2,1-2H3,(H,16,20). The fourth-order valence-electron chi connectivity index (χ4n) is 1.75. The summed E-state index contributed by atoms with van der Waals surface area (Å²) in [4.78, 5) is 11.9. The number of carbonyl (C=O) groups is 1. The fraction of sp³-hybridized carbons (Fsp3) is 0.357. The highest BCUT2D eigenvalue weighted by atomic mass is 16.1. The maximum atomic E-state index is 11.9. The lowest BCUT2D eigenvalue weighted by atomic mass is 10.0. The Bertz CT molecular complexity index is 564. The van der Waals surface area contributed by atoms with Crippen LogP contribution in [-0.4, -0.2) is 26.7 Å². The Morgan fingerprint density at radius 2 is 2.05 bits per heavy atom. The van der Waals surface area contributed by atoms with Crippen molar-refractivity contribution in [2.45, 2.75) is 26.4 Å².